The van der Waals surface area contributed by atoms with Gasteiger partial charge in [0.25, 0.3) is 5.69 Å². The van der Waals surface area contributed by atoms with Gasteiger partial charge in [-0.25, -0.2) is 0 Å². The normalized spacial score (nSPS) is 10.6. The van der Waals surface area contributed by atoms with Crippen LogP contribution in [-0.2, 0) is 0 Å². The first-order valence-electron chi connectivity index (χ1n) is 5.22. The minimum absolute atomic E-state index is 0.594. The van der Waals surface area contributed by atoms with Gasteiger partial charge in [0.1, 0.15) is 16.0 Å². The second kappa shape index (κ2) is 7.02. The molecule has 19 heavy (non-hydrogen) atoms. The molecule has 0 aliphatic rings. The van der Waals surface area contributed by atoms with E-state index < -0.39 is 7.25 Å². The number of rotatable bonds is 3. The molecule has 0 aliphatic heterocycles. The molecule has 0 spiro atoms. The summed E-state index contributed by atoms with van der Waals surface area (Å²) in [5.41, 5.74) is 0.940. The van der Waals surface area contributed by atoms with E-state index in [2.05, 4.69) is 9.59 Å². The van der Waals surface area contributed by atoms with Crippen LogP contribution in [0.15, 0.2) is 30.3 Å². The van der Waals surface area contributed by atoms with Gasteiger partial charge in [-0.15, -0.1) is 0 Å². The Labute approximate surface area is 110 Å². The van der Waals surface area contributed by atoms with Crippen LogP contribution in [0.5, 0.6) is 5.19 Å². The summed E-state index contributed by atoms with van der Waals surface area (Å²) in [4.78, 5) is 1.57. The molecule has 0 bridgehead atoms. The molecule has 10 heteroatoms. The number of nitrogens with zero attached hydrogens (tertiary/aromatic N) is 3. The highest BCUT2D eigenvalue weighted by molar-refractivity contribution is 7.06. The van der Waals surface area contributed by atoms with Crippen molar-refractivity contribution in [1.82, 2.24) is 9.59 Å². The van der Waals surface area contributed by atoms with E-state index in [1.54, 1.807) is 4.80 Å². The van der Waals surface area contributed by atoms with Crippen molar-refractivity contribution in [3.05, 3.63) is 30.3 Å². The number of ether oxygens (including phenoxy) is 1. The summed E-state index contributed by atoms with van der Waals surface area (Å²) in [6.07, 6.45) is 0. The second-order valence-electron chi connectivity index (χ2n) is 3.09. The van der Waals surface area contributed by atoms with Crippen LogP contribution in [0.1, 0.15) is 6.92 Å². The molecule has 0 aliphatic carbocycles. The first kappa shape index (κ1) is 15.4. The molecule has 2 aromatic rings. The predicted molar refractivity (Wildman–Crippen MR) is 62.8 cm³/mol. The fourth-order valence-corrected chi connectivity index (χ4v) is 1.59. The molecule has 104 valence electrons. The summed E-state index contributed by atoms with van der Waals surface area (Å²) in [6, 6.07) is 9.75. The highest BCUT2D eigenvalue weighted by atomic mass is 32.1. The molecule has 0 saturated heterocycles. The number of hydrogen-bond donors (Lipinski definition) is 0. The molecule has 1 heterocycles. The largest absolute Gasteiger partial charge is 0.673 e. The SMILES string of the molecule is CCOc1n[n+](-c2ccccc2)ns1.F[B-](F)(F)F. The Bertz CT molecular complexity index is 488. The van der Waals surface area contributed by atoms with Crippen LogP contribution in [0.3, 0.4) is 0 Å². The monoisotopic (exact) mass is 295 g/mol. The van der Waals surface area contributed by atoms with Crippen molar-refractivity contribution in [2.24, 2.45) is 0 Å². The maximum Gasteiger partial charge on any atom is 0.673 e. The highest BCUT2D eigenvalue weighted by Crippen LogP contribution is 2.08. The first-order valence-corrected chi connectivity index (χ1v) is 5.99. The minimum atomic E-state index is -6.00. The molecular weight excluding hydrogens is 285 g/mol. The van der Waals surface area contributed by atoms with Gasteiger partial charge >= 0.3 is 12.4 Å². The fraction of sp³-hybridized carbons (Fsp3) is 0.222. The summed E-state index contributed by atoms with van der Waals surface area (Å²) in [5, 5.41) is 4.77. The molecule has 0 unspecified atom stereocenters. The summed E-state index contributed by atoms with van der Waals surface area (Å²) in [6.45, 7) is 2.54. The van der Waals surface area contributed by atoms with E-state index in [9.17, 15) is 17.3 Å². The van der Waals surface area contributed by atoms with Crippen LogP contribution in [-0.4, -0.2) is 23.4 Å². The topological polar surface area (TPSA) is 38.9 Å². The summed E-state index contributed by atoms with van der Waals surface area (Å²) in [7, 11) is -6.00. The highest BCUT2D eigenvalue weighted by Gasteiger charge is 2.20. The number of hydrogen-bond acceptors (Lipinski definition) is 4. The Morgan fingerprint density at radius 1 is 1.21 bits per heavy atom. The van der Waals surface area contributed by atoms with Gasteiger partial charge in [0.15, 0.2) is 0 Å². The maximum absolute atomic E-state index is 9.75. The van der Waals surface area contributed by atoms with Crippen molar-refractivity contribution in [3.63, 3.8) is 0 Å². The van der Waals surface area contributed by atoms with E-state index in [0.29, 0.717) is 11.8 Å². The molecule has 0 amide bonds. The lowest BCUT2D eigenvalue weighted by Gasteiger charge is -1.94. The van der Waals surface area contributed by atoms with E-state index in [-0.39, 0.29) is 0 Å². The van der Waals surface area contributed by atoms with Crippen molar-refractivity contribution < 1.29 is 26.8 Å². The maximum atomic E-state index is 9.75. The Kier molecular flexibility index (Phi) is 5.68. The van der Waals surface area contributed by atoms with Crippen LogP contribution in [0.2, 0.25) is 0 Å². The zero-order chi connectivity index (χ0) is 14.3. The molecule has 0 saturated carbocycles. The van der Waals surface area contributed by atoms with Gasteiger partial charge in [-0.1, -0.05) is 18.2 Å². The van der Waals surface area contributed by atoms with E-state index in [1.165, 1.54) is 11.5 Å². The van der Waals surface area contributed by atoms with E-state index in [0.717, 1.165) is 5.69 Å². The Hall–Kier alpha value is -1.71. The molecule has 1 aromatic heterocycles. The number of para-hydroxylation sites is 1. The van der Waals surface area contributed by atoms with Crippen LogP contribution in [0, 0.1) is 0 Å². The van der Waals surface area contributed by atoms with E-state index in [1.807, 2.05) is 37.3 Å². The third-order valence-electron chi connectivity index (χ3n) is 1.63. The lowest BCUT2D eigenvalue weighted by Crippen LogP contribution is -2.35. The van der Waals surface area contributed by atoms with Crippen LogP contribution in [0.4, 0.5) is 17.3 Å². The zero-order valence-electron chi connectivity index (χ0n) is 9.84. The fourth-order valence-electron chi connectivity index (χ4n) is 1.03. The van der Waals surface area contributed by atoms with Crippen molar-refractivity contribution in [1.29, 1.82) is 0 Å². The Morgan fingerprint density at radius 2 is 1.79 bits per heavy atom. The van der Waals surface area contributed by atoms with Gasteiger partial charge in [0.2, 0.25) is 0 Å². The smallest absolute Gasteiger partial charge is 0.465 e. The van der Waals surface area contributed by atoms with Crippen LogP contribution in [0.25, 0.3) is 5.69 Å². The third-order valence-corrected chi connectivity index (χ3v) is 2.22. The molecule has 2 rings (SSSR count). The first-order chi connectivity index (χ1) is 8.90. The average Bonchev–Trinajstić information content (AvgIpc) is 2.77. The Balaban J connectivity index is 0.000000312. The Morgan fingerprint density at radius 3 is 2.32 bits per heavy atom. The van der Waals surface area contributed by atoms with Crippen molar-refractivity contribution >= 4 is 18.8 Å². The van der Waals surface area contributed by atoms with E-state index >= 15 is 0 Å². The molecule has 0 fully saturated rings. The standard InChI is InChI=1S/C9H10N3OS.BF4/c1-2-13-9-10-12(11-14-9)8-6-4-3-5-7-8;2-1(3,4)5/h3-7H,2H2,1H3;/q+1;-1. The molecule has 0 atom stereocenters. The molecule has 1 aromatic carbocycles. The van der Waals surface area contributed by atoms with Gasteiger partial charge < -0.3 is 22.0 Å². The minimum Gasteiger partial charge on any atom is -0.465 e. The number of benzene rings is 1. The molecule has 4 nitrogen and oxygen atoms in total. The van der Waals surface area contributed by atoms with Crippen molar-refractivity contribution in [3.8, 4) is 10.9 Å². The molecular formula is C9H10BF4N3OS. The predicted octanol–water partition coefficient (Wildman–Crippen LogP) is 2.51. The summed E-state index contributed by atoms with van der Waals surface area (Å²) < 4.78 is 48.4. The molecule has 0 N–H and O–H groups in total. The molecule has 0 radical (unpaired) electrons. The lowest BCUT2D eigenvalue weighted by atomic mass is 10.3. The number of halogens is 4. The van der Waals surface area contributed by atoms with Crippen molar-refractivity contribution in [2.45, 2.75) is 6.92 Å². The third kappa shape index (κ3) is 6.70. The van der Waals surface area contributed by atoms with Gasteiger partial charge in [-0.2, -0.15) is 0 Å². The van der Waals surface area contributed by atoms with Gasteiger partial charge in [-0.3, -0.25) is 0 Å². The summed E-state index contributed by atoms with van der Waals surface area (Å²) >= 11 is 1.25. The number of aromatic nitrogens is 3. The van der Waals surface area contributed by atoms with Crippen molar-refractivity contribution in [2.75, 3.05) is 6.61 Å². The van der Waals surface area contributed by atoms with Crippen LogP contribution >= 0.6 is 11.5 Å². The average molecular weight is 295 g/mol. The summed E-state index contributed by atoms with van der Waals surface area (Å²) in [5.74, 6) is 0. The van der Waals surface area contributed by atoms with Gasteiger partial charge in [-0.05, 0) is 6.92 Å². The lowest BCUT2D eigenvalue weighted by molar-refractivity contribution is -0.710. The van der Waals surface area contributed by atoms with Crippen LogP contribution < -0.4 is 9.53 Å². The van der Waals surface area contributed by atoms with Gasteiger partial charge in [0.05, 0.1) is 16.5 Å². The van der Waals surface area contributed by atoms with E-state index in [4.69, 9.17) is 4.74 Å². The quantitative estimate of drug-likeness (QED) is 0.496. The second-order valence-corrected chi connectivity index (χ2v) is 3.79. The zero-order valence-corrected chi connectivity index (χ0v) is 10.7. The van der Waals surface area contributed by atoms with Gasteiger partial charge in [0, 0.05) is 12.1 Å².